The molecule has 29 heavy (non-hydrogen) atoms. The van der Waals surface area contributed by atoms with E-state index in [1.54, 1.807) is 24.3 Å². The maximum absolute atomic E-state index is 12.5. The molecular weight excluding hydrogens is 424 g/mol. The van der Waals surface area contributed by atoms with E-state index in [0.29, 0.717) is 22.6 Å². The minimum Gasteiger partial charge on any atom is -0.224 e. The van der Waals surface area contributed by atoms with Gasteiger partial charge >= 0.3 is 0 Å². The first-order chi connectivity index (χ1) is 13.8. The SMILES string of the molecule is CCCCS(=O)(=O)c1ccc(-c2cc3ccc(S(=O)(=O)CCCC)cc3s2)cc1. The van der Waals surface area contributed by atoms with Gasteiger partial charge in [0.1, 0.15) is 0 Å². The third-order valence-corrected chi connectivity index (χ3v) is 9.64. The van der Waals surface area contributed by atoms with Gasteiger partial charge in [0.25, 0.3) is 0 Å². The second-order valence-corrected chi connectivity index (χ2v) is 12.5. The van der Waals surface area contributed by atoms with Crippen LogP contribution in [0.2, 0.25) is 0 Å². The molecule has 156 valence electrons. The Labute approximate surface area is 177 Å². The van der Waals surface area contributed by atoms with Crippen LogP contribution in [0.4, 0.5) is 0 Å². The lowest BCUT2D eigenvalue weighted by atomic mass is 10.1. The fourth-order valence-corrected chi connectivity index (χ4v) is 7.19. The molecule has 0 radical (unpaired) electrons. The van der Waals surface area contributed by atoms with Gasteiger partial charge < -0.3 is 0 Å². The molecule has 1 aromatic heterocycles. The molecule has 0 aliphatic carbocycles. The van der Waals surface area contributed by atoms with Gasteiger partial charge in [-0.25, -0.2) is 16.8 Å². The second kappa shape index (κ2) is 8.98. The van der Waals surface area contributed by atoms with Crippen LogP contribution in [0.15, 0.2) is 58.3 Å². The fourth-order valence-electron chi connectivity index (χ4n) is 3.08. The van der Waals surface area contributed by atoms with Crippen LogP contribution in [0.5, 0.6) is 0 Å². The van der Waals surface area contributed by atoms with Crippen molar-refractivity contribution in [2.24, 2.45) is 0 Å². The highest BCUT2D eigenvalue weighted by Gasteiger charge is 2.16. The van der Waals surface area contributed by atoms with E-state index in [0.717, 1.165) is 33.4 Å². The highest BCUT2D eigenvalue weighted by atomic mass is 32.2. The Hall–Kier alpha value is -1.70. The summed E-state index contributed by atoms with van der Waals surface area (Å²) >= 11 is 1.52. The number of rotatable bonds is 9. The minimum absolute atomic E-state index is 0.168. The molecule has 2 aromatic carbocycles. The lowest BCUT2D eigenvalue weighted by molar-refractivity contribution is 0.591. The highest BCUT2D eigenvalue weighted by molar-refractivity contribution is 7.91. The van der Waals surface area contributed by atoms with Gasteiger partial charge in [-0.1, -0.05) is 44.9 Å². The van der Waals surface area contributed by atoms with E-state index in [4.69, 9.17) is 0 Å². The Morgan fingerprint density at radius 2 is 1.28 bits per heavy atom. The summed E-state index contributed by atoms with van der Waals surface area (Å²) < 4.78 is 50.5. The summed E-state index contributed by atoms with van der Waals surface area (Å²) in [5, 5.41) is 0.985. The van der Waals surface area contributed by atoms with Crippen LogP contribution in [-0.2, 0) is 19.7 Å². The smallest absolute Gasteiger partial charge is 0.178 e. The zero-order valence-electron chi connectivity index (χ0n) is 16.7. The van der Waals surface area contributed by atoms with Crippen molar-refractivity contribution in [3.63, 3.8) is 0 Å². The topological polar surface area (TPSA) is 68.3 Å². The number of hydrogen-bond donors (Lipinski definition) is 0. The molecule has 1 heterocycles. The lowest BCUT2D eigenvalue weighted by Crippen LogP contribution is -2.06. The molecule has 0 unspecified atom stereocenters. The zero-order valence-corrected chi connectivity index (χ0v) is 19.2. The predicted molar refractivity (Wildman–Crippen MR) is 121 cm³/mol. The number of unbranched alkanes of at least 4 members (excludes halogenated alkanes) is 2. The fraction of sp³-hybridized carbons (Fsp3) is 0.364. The molecule has 0 fully saturated rings. The molecule has 0 aliphatic heterocycles. The standard InChI is InChI=1S/C22H26O4S3/c1-3-5-13-28(23,24)19-10-7-17(8-11-19)21-15-18-9-12-20(16-22(18)27-21)29(25,26)14-6-4-2/h7-12,15-16H,3-6,13-14H2,1-2H3. The highest BCUT2D eigenvalue weighted by Crippen LogP contribution is 2.35. The molecule has 0 bridgehead atoms. The summed E-state index contributed by atoms with van der Waals surface area (Å²) in [5.41, 5.74) is 0.927. The van der Waals surface area contributed by atoms with Crippen molar-refractivity contribution in [2.45, 2.75) is 49.3 Å². The van der Waals surface area contributed by atoms with E-state index in [9.17, 15) is 16.8 Å². The summed E-state index contributed by atoms with van der Waals surface area (Å²) in [6, 6.07) is 14.2. The van der Waals surface area contributed by atoms with Crippen LogP contribution >= 0.6 is 11.3 Å². The Morgan fingerprint density at radius 1 is 0.724 bits per heavy atom. The monoisotopic (exact) mass is 450 g/mol. The van der Waals surface area contributed by atoms with Crippen LogP contribution in [0.25, 0.3) is 20.5 Å². The number of benzene rings is 2. The van der Waals surface area contributed by atoms with Crippen molar-refractivity contribution in [3.05, 3.63) is 48.5 Å². The van der Waals surface area contributed by atoms with Gasteiger partial charge in [0, 0.05) is 9.58 Å². The second-order valence-electron chi connectivity index (χ2n) is 7.18. The molecule has 0 atom stereocenters. The van der Waals surface area contributed by atoms with E-state index >= 15 is 0 Å². The largest absolute Gasteiger partial charge is 0.224 e. The predicted octanol–water partition coefficient (Wildman–Crippen LogP) is 5.72. The number of hydrogen-bond acceptors (Lipinski definition) is 5. The zero-order chi connectivity index (χ0) is 21.1. The maximum atomic E-state index is 12.5. The molecule has 4 nitrogen and oxygen atoms in total. The molecule has 0 amide bonds. The van der Waals surface area contributed by atoms with Gasteiger partial charge in [0.15, 0.2) is 19.7 Å². The van der Waals surface area contributed by atoms with Crippen molar-refractivity contribution in [2.75, 3.05) is 11.5 Å². The average Bonchev–Trinajstić information content (AvgIpc) is 3.14. The summed E-state index contributed by atoms with van der Waals surface area (Å²) in [4.78, 5) is 1.70. The summed E-state index contributed by atoms with van der Waals surface area (Å²) in [7, 11) is -6.50. The van der Waals surface area contributed by atoms with E-state index in [2.05, 4.69) is 0 Å². The van der Waals surface area contributed by atoms with E-state index < -0.39 is 19.7 Å². The number of fused-ring (bicyclic) bond motifs is 1. The van der Waals surface area contributed by atoms with Crippen molar-refractivity contribution >= 4 is 41.1 Å². The van der Waals surface area contributed by atoms with E-state index in [1.165, 1.54) is 11.3 Å². The molecule has 3 rings (SSSR count). The molecule has 0 aliphatic rings. The molecule has 0 saturated heterocycles. The molecule has 0 N–H and O–H groups in total. The summed E-state index contributed by atoms with van der Waals surface area (Å²) in [5.74, 6) is 0.336. The van der Waals surface area contributed by atoms with Crippen LogP contribution in [0.3, 0.4) is 0 Å². The van der Waals surface area contributed by atoms with Gasteiger partial charge in [0.05, 0.1) is 21.3 Å². The third-order valence-electron chi connectivity index (χ3n) is 4.88. The molecule has 7 heteroatoms. The normalized spacial score (nSPS) is 12.5. The quantitative estimate of drug-likeness (QED) is 0.418. The Morgan fingerprint density at radius 3 is 1.86 bits per heavy atom. The van der Waals surface area contributed by atoms with Gasteiger partial charge in [-0.2, -0.15) is 0 Å². The first-order valence-electron chi connectivity index (χ1n) is 9.86. The van der Waals surface area contributed by atoms with Gasteiger partial charge in [-0.3, -0.25) is 0 Å². The van der Waals surface area contributed by atoms with Crippen molar-refractivity contribution < 1.29 is 16.8 Å². The molecule has 3 aromatic rings. The van der Waals surface area contributed by atoms with Crippen molar-refractivity contribution in [3.8, 4) is 10.4 Å². The Bertz CT molecular complexity index is 1190. The average molecular weight is 451 g/mol. The molecule has 0 saturated carbocycles. The van der Waals surface area contributed by atoms with Gasteiger partial charge in [-0.05, 0) is 54.1 Å². The van der Waals surface area contributed by atoms with Crippen molar-refractivity contribution in [1.82, 2.24) is 0 Å². The third kappa shape index (κ3) is 5.08. The first kappa shape index (κ1) is 22.0. The Balaban J connectivity index is 1.89. The van der Waals surface area contributed by atoms with Gasteiger partial charge in [0.2, 0.25) is 0 Å². The van der Waals surface area contributed by atoms with Crippen LogP contribution in [0, 0.1) is 0 Å². The maximum Gasteiger partial charge on any atom is 0.178 e. The summed E-state index contributed by atoms with van der Waals surface area (Å²) in [6.45, 7) is 3.95. The van der Waals surface area contributed by atoms with Crippen LogP contribution < -0.4 is 0 Å². The Kier molecular flexibility index (Phi) is 6.81. The summed E-state index contributed by atoms with van der Waals surface area (Å²) in [6.07, 6.45) is 3.00. The van der Waals surface area contributed by atoms with Crippen LogP contribution in [-0.4, -0.2) is 28.3 Å². The minimum atomic E-state index is -3.26. The van der Waals surface area contributed by atoms with Crippen molar-refractivity contribution in [1.29, 1.82) is 0 Å². The van der Waals surface area contributed by atoms with Crippen LogP contribution in [0.1, 0.15) is 39.5 Å². The lowest BCUT2D eigenvalue weighted by Gasteiger charge is -2.04. The van der Waals surface area contributed by atoms with Gasteiger partial charge in [-0.15, -0.1) is 11.3 Å². The number of thiophene rings is 1. The van der Waals surface area contributed by atoms with E-state index in [1.807, 2.05) is 38.1 Å². The molecule has 0 spiro atoms. The van der Waals surface area contributed by atoms with E-state index in [-0.39, 0.29) is 11.5 Å². The number of sulfone groups is 2. The first-order valence-corrected chi connectivity index (χ1v) is 14.0. The molecular formula is C22H26O4S3.